The van der Waals surface area contributed by atoms with Gasteiger partial charge in [-0.1, -0.05) is 0 Å². The Morgan fingerprint density at radius 1 is 1.33 bits per heavy atom. The van der Waals surface area contributed by atoms with Crippen LogP contribution in [-0.4, -0.2) is 29.4 Å². The second kappa shape index (κ2) is 7.10. The fraction of sp³-hybridized carbons (Fsp3) is 0.118. The SMILES string of the molecule is COc1ccc(-c2cc(C(=O)N/N=C/c3sccc3C)[nH]n2)cc1. The van der Waals surface area contributed by atoms with E-state index in [1.165, 1.54) is 0 Å². The molecule has 2 aromatic heterocycles. The number of carbonyl (C=O) groups is 1. The van der Waals surface area contributed by atoms with Gasteiger partial charge in [-0.3, -0.25) is 9.89 Å². The number of hydrogen-bond acceptors (Lipinski definition) is 5. The highest BCUT2D eigenvalue weighted by molar-refractivity contribution is 7.11. The molecule has 0 fully saturated rings. The number of hydrogen-bond donors (Lipinski definition) is 2. The van der Waals surface area contributed by atoms with Gasteiger partial charge in [0.2, 0.25) is 0 Å². The molecule has 0 aliphatic heterocycles. The van der Waals surface area contributed by atoms with Crippen LogP contribution in [0.25, 0.3) is 11.3 Å². The van der Waals surface area contributed by atoms with Crippen molar-refractivity contribution in [3.05, 3.63) is 57.9 Å². The molecule has 2 heterocycles. The molecule has 122 valence electrons. The number of nitrogens with one attached hydrogen (secondary N) is 2. The first-order chi connectivity index (χ1) is 11.7. The molecule has 24 heavy (non-hydrogen) atoms. The molecule has 0 aliphatic rings. The van der Waals surface area contributed by atoms with Gasteiger partial charge in [-0.25, -0.2) is 5.43 Å². The molecule has 0 saturated heterocycles. The van der Waals surface area contributed by atoms with Gasteiger partial charge in [0.05, 0.1) is 19.0 Å². The number of ether oxygens (including phenoxy) is 1. The van der Waals surface area contributed by atoms with Crippen molar-refractivity contribution in [3.8, 4) is 17.0 Å². The molecule has 0 radical (unpaired) electrons. The first-order valence-electron chi connectivity index (χ1n) is 7.24. The zero-order valence-corrected chi connectivity index (χ0v) is 14.1. The lowest BCUT2D eigenvalue weighted by Crippen LogP contribution is -2.17. The number of aryl methyl sites for hydroxylation is 1. The largest absolute Gasteiger partial charge is 0.497 e. The summed E-state index contributed by atoms with van der Waals surface area (Å²) in [6, 6.07) is 11.1. The molecule has 2 N–H and O–H groups in total. The van der Waals surface area contributed by atoms with Gasteiger partial charge in [0, 0.05) is 10.4 Å². The van der Waals surface area contributed by atoms with Crippen molar-refractivity contribution in [1.29, 1.82) is 0 Å². The summed E-state index contributed by atoms with van der Waals surface area (Å²) in [6.07, 6.45) is 1.64. The maximum Gasteiger partial charge on any atom is 0.289 e. The predicted molar refractivity (Wildman–Crippen MR) is 94.7 cm³/mol. The van der Waals surface area contributed by atoms with Gasteiger partial charge in [-0.15, -0.1) is 11.3 Å². The standard InChI is InChI=1S/C17H16N4O2S/c1-11-7-8-24-16(11)10-18-21-17(22)15-9-14(19-20-15)12-3-5-13(23-2)6-4-12/h3-10H,1-2H3,(H,19,20)(H,21,22)/b18-10+. The van der Waals surface area contributed by atoms with E-state index in [1.807, 2.05) is 42.6 Å². The van der Waals surface area contributed by atoms with Crippen LogP contribution < -0.4 is 10.2 Å². The molecule has 0 bridgehead atoms. The Labute approximate surface area is 143 Å². The second-order valence-electron chi connectivity index (χ2n) is 5.06. The van der Waals surface area contributed by atoms with Crippen LogP contribution in [0.1, 0.15) is 20.9 Å². The molecule has 3 rings (SSSR count). The number of thiophene rings is 1. The van der Waals surface area contributed by atoms with Crippen LogP contribution in [-0.2, 0) is 0 Å². The topological polar surface area (TPSA) is 79.4 Å². The fourth-order valence-electron chi connectivity index (χ4n) is 2.07. The van der Waals surface area contributed by atoms with Gasteiger partial charge in [0.1, 0.15) is 11.4 Å². The highest BCUT2D eigenvalue weighted by Crippen LogP contribution is 2.21. The maximum atomic E-state index is 12.1. The summed E-state index contributed by atoms with van der Waals surface area (Å²) >= 11 is 1.57. The summed E-state index contributed by atoms with van der Waals surface area (Å²) in [7, 11) is 1.62. The lowest BCUT2D eigenvalue weighted by atomic mass is 10.1. The van der Waals surface area contributed by atoms with Crippen LogP contribution >= 0.6 is 11.3 Å². The van der Waals surface area contributed by atoms with Crippen molar-refractivity contribution in [3.63, 3.8) is 0 Å². The number of rotatable bonds is 5. The average Bonchev–Trinajstić information content (AvgIpc) is 3.25. The van der Waals surface area contributed by atoms with Gasteiger partial charge >= 0.3 is 0 Å². The van der Waals surface area contributed by atoms with Crippen LogP contribution in [0.2, 0.25) is 0 Å². The van der Waals surface area contributed by atoms with Crippen LogP contribution in [0.3, 0.4) is 0 Å². The van der Waals surface area contributed by atoms with Crippen molar-refractivity contribution < 1.29 is 9.53 Å². The van der Waals surface area contributed by atoms with E-state index in [1.54, 1.807) is 30.7 Å². The number of carbonyl (C=O) groups excluding carboxylic acids is 1. The Balaban J connectivity index is 1.67. The van der Waals surface area contributed by atoms with Crippen molar-refractivity contribution in [2.75, 3.05) is 7.11 Å². The Hall–Kier alpha value is -2.93. The summed E-state index contributed by atoms with van der Waals surface area (Å²) in [5, 5.41) is 12.8. The predicted octanol–water partition coefficient (Wildman–Crippen LogP) is 3.22. The molecule has 7 heteroatoms. The monoisotopic (exact) mass is 340 g/mol. The highest BCUT2D eigenvalue weighted by atomic mass is 32.1. The van der Waals surface area contributed by atoms with E-state index in [0.29, 0.717) is 11.4 Å². The summed E-state index contributed by atoms with van der Waals surface area (Å²) < 4.78 is 5.12. The Bertz CT molecular complexity index is 865. The molecular formula is C17H16N4O2S. The number of amides is 1. The number of methoxy groups -OCH3 is 1. The summed E-state index contributed by atoms with van der Waals surface area (Å²) in [5.41, 5.74) is 5.54. The number of benzene rings is 1. The first-order valence-corrected chi connectivity index (χ1v) is 8.12. The van der Waals surface area contributed by atoms with E-state index in [9.17, 15) is 4.79 Å². The minimum atomic E-state index is -0.340. The minimum absolute atomic E-state index is 0.340. The van der Waals surface area contributed by atoms with E-state index in [4.69, 9.17) is 4.74 Å². The zero-order chi connectivity index (χ0) is 16.9. The highest BCUT2D eigenvalue weighted by Gasteiger charge is 2.10. The molecule has 1 aromatic carbocycles. The van der Waals surface area contributed by atoms with Crippen molar-refractivity contribution >= 4 is 23.5 Å². The Morgan fingerprint density at radius 3 is 2.79 bits per heavy atom. The summed E-state index contributed by atoms with van der Waals surface area (Å²) in [4.78, 5) is 13.1. The average molecular weight is 340 g/mol. The first kappa shape index (κ1) is 15.9. The molecule has 0 unspecified atom stereocenters. The second-order valence-corrected chi connectivity index (χ2v) is 6.01. The van der Waals surface area contributed by atoms with E-state index in [-0.39, 0.29) is 5.91 Å². The molecule has 6 nitrogen and oxygen atoms in total. The number of aromatic amines is 1. The smallest absolute Gasteiger partial charge is 0.289 e. The van der Waals surface area contributed by atoms with Crippen molar-refractivity contribution in [1.82, 2.24) is 15.6 Å². The Kier molecular flexibility index (Phi) is 4.72. The third kappa shape index (κ3) is 3.52. The molecule has 0 saturated carbocycles. The van der Waals surface area contributed by atoms with Gasteiger partial charge in [-0.05, 0) is 54.3 Å². The van der Waals surface area contributed by atoms with E-state index < -0.39 is 0 Å². The van der Waals surface area contributed by atoms with Gasteiger partial charge in [0.25, 0.3) is 5.91 Å². The van der Waals surface area contributed by atoms with Gasteiger partial charge in [-0.2, -0.15) is 10.2 Å². The van der Waals surface area contributed by atoms with E-state index in [2.05, 4.69) is 20.7 Å². The van der Waals surface area contributed by atoms with Crippen LogP contribution in [0.4, 0.5) is 0 Å². The molecule has 1 amide bonds. The molecular weight excluding hydrogens is 324 g/mol. The van der Waals surface area contributed by atoms with Gasteiger partial charge in [0.15, 0.2) is 0 Å². The van der Waals surface area contributed by atoms with Crippen LogP contribution in [0, 0.1) is 6.92 Å². The fourth-order valence-corrected chi connectivity index (χ4v) is 2.86. The third-order valence-electron chi connectivity index (χ3n) is 3.46. The van der Waals surface area contributed by atoms with Gasteiger partial charge < -0.3 is 4.74 Å². The lowest BCUT2D eigenvalue weighted by molar-refractivity contribution is 0.0950. The Morgan fingerprint density at radius 2 is 2.12 bits per heavy atom. The van der Waals surface area contributed by atoms with Crippen molar-refractivity contribution in [2.24, 2.45) is 5.10 Å². The van der Waals surface area contributed by atoms with Crippen LogP contribution in [0.5, 0.6) is 5.75 Å². The summed E-state index contributed by atoms with van der Waals surface area (Å²) in [6.45, 7) is 2.00. The zero-order valence-electron chi connectivity index (χ0n) is 13.2. The number of nitrogens with zero attached hydrogens (tertiary/aromatic N) is 2. The van der Waals surface area contributed by atoms with E-state index >= 15 is 0 Å². The van der Waals surface area contributed by atoms with Crippen molar-refractivity contribution in [2.45, 2.75) is 6.92 Å². The maximum absolute atomic E-state index is 12.1. The number of H-pyrrole nitrogens is 1. The molecule has 0 atom stereocenters. The number of aromatic nitrogens is 2. The van der Waals surface area contributed by atoms with Crippen LogP contribution in [0.15, 0.2) is 46.9 Å². The minimum Gasteiger partial charge on any atom is -0.497 e. The third-order valence-corrected chi connectivity index (χ3v) is 4.41. The normalized spacial score (nSPS) is 10.9. The summed E-state index contributed by atoms with van der Waals surface area (Å²) in [5.74, 6) is 0.429. The molecule has 3 aromatic rings. The number of hydrazone groups is 1. The molecule has 0 aliphatic carbocycles. The van der Waals surface area contributed by atoms with E-state index in [0.717, 1.165) is 21.8 Å². The lowest BCUT2D eigenvalue weighted by Gasteiger charge is -2.00. The quantitative estimate of drug-likeness (QED) is 0.553. The molecule has 0 spiro atoms.